The van der Waals surface area contributed by atoms with Gasteiger partial charge in [0, 0.05) is 51.9 Å². The third-order valence-electron chi connectivity index (χ3n) is 5.97. The molecule has 0 saturated carbocycles. The van der Waals surface area contributed by atoms with Crippen molar-refractivity contribution < 1.29 is 22.7 Å². The summed E-state index contributed by atoms with van der Waals surface area (Å²) in [7, 11) is -2.05. The Bertz CT molecular complexity index is 817. The van der Waals surface area contributed by atoms with Gasteiger partial charge in [-0.3, -0.25) is 4.90 Å². The van der Waals surface area contributed by atoms with Crippen LogP contribution < -0.4 is 10.1 Å². The van der Waals surface area contributed by atoms with E-state index in [1.165, 1.54) is 11.4 Å². The van der Waals surface area contributed by atoms with Gasteiger partial charge in [0.05, 0.1) is 25.2 Å². The maximum absolute atomic E-state index is 12.9. The Morgan fingerprint density at radius 2 is 1.68 bits per heavy atom. The fourth-order valence-corrected chi connectivity index (χ4v) is 5.45. The Hall–Kier alpha value is -1.88. The standard InChI is InChI=1S/C21H34N4O5S/c1-17(2)20(23-12-14-30-15-13-23)16-22-21(26)24-8-10-25(11-9-24)31(27,28)19-6-4-18(29-3)5-7-19/h4-7,17,20H,8-16H2,1-3H3,(H,22,26). The number of hydrogen-bond acceptors (Lipinski definition) is 6. The number of nitrogens with one attached hydrogen (secondary N) is 1. The third-order valence-corrected chi connectivity index (χ3v) is 7.88. The first-order valence-corrected chi connectivity index (χ1v) is 12.3. The second kappa shape index (κ2) is 10.6. The van der Waals surface area contributed by atoms with E-state index >= 15 is 0 Å². The third kappa shape index (κ3) is 5.88. The fourth-order valence-electron chi connectivity index (χ4n) is 4.03. The molecular weight excluding hydrogens is 420 g/mol. The Kier molecular flexibility index (Phi) is 8.15. The van der Waals surface area contributed by atoms with Crippen LogP contribution in [0.15, 0.2) is 29.2 Å². The van der Waals surface area contributed by atoms with Crippen LogP contribution in [-0.2, 0) is 14.8 Å². The largest absolute Gasteiger partial charge is 0.497 e. The van der Waals surface area contributed by atoms with Gasteiger partial charge in [0.1, 0.15) is 5.75 Å². The molecule has 1 aromatic rings. The van der Waals surface area contributed by atoms with Gasteiger partial charge < -0.3 is 19.7 Å². The molecule has 0 spiro atoms. The van der Waals surface area contributed by atoms with Crippen molar-refractivity contribution in [1.29, 1.82) is 0 Å². The molecule has 1 atom stereocenters. The first-order valence-electron chi connectivity index (χ1n) is 10.8. The Balaban J connectivity index is 1.51. The van der Waals surface area contributed by atoms with Crippen LogP contribution in [0.4, 0.5) is 4.79 Å². The van der Waals surface area contributed by atoms with Gasteiger partial charge >= 0.3 is 6.03 Å². The number of ether oxygens (including phenoxy) is 2. The van der Waals surface area contributed by atoms with E-state index in [-0.39, 0.29) is 30.1 Å². The fraction of sp³-hybridized carbons (Fsp3) is 0.667. The van der Waals surface area contributed by atoms with Crippen molar-refractivity contribution >= 4 is 16.1 Å². The molecule has 2 fully saturated rings. The lowest BCUT2D eigenvalue weighted by molar-refractivity contribution is 0.00688. The Morgan fingerprint density at radius 3 is 2.23 bits per heavy atom. The Morgan fingerprint density at radius 1 is 1.06 bits per heavy atom. The van der Waals surface area contributed by atoms with E-state index in [0.717, 1.165) is 26.3 Å². The number of carbonyl (C=O) groups excluding carboxylic acids is 1. The second-order valence-electron chi connectivity index (χ2n) is 8.21. The van der Waals surface area contributed by atoms with Crippen LogP contribution in [0.2, 0.25) is 0 Å². The molecule has 3 rings (SSSR count). The molecule has 174 valence electrons. The molecule has 2 heterocycles. The summed E-state index contributed by atoms with van der Waals surface area (Å²) in [5, 5.41) is 3.05. The van der Waals surface area contributed by atoms with Crippen molar-refractivity contribution in [2.24, 2.45) is 5.92 Å². The number of carbonyl (C=O) groups is 1. The maximum Gasteiger partial charge on any atom is 0.317 e. The van der Waals surface area contributed by atoms with E-state index in [1.54, 1.807) is 29.2 Å². The van der Waals surface area contributed by atoms with Crippen molar-refractivity contribution in [2.75, 3.05) is 66.1 Å². The van der Waals surface area contributed by atoms with Crippen LogP contribution in [0.1, 0.15) is 13.8 Å². The van der Waals surface area contributed by atoms with Gasteiger partial charge in [-0.1, -0.05) is 13.8 Å². The van der Waals surface area contributed by atoms with E-state index in [0.29, 0.717) is 31.3 Å². The molecule has 2 amide bonds. The lowest BCUT2D eigenvalue weighted by Gasteiger charge is -2.38. The van der Waals surface area contributed by atoms with Crippen LogP contribution >= 0.6 is 0 Å². The van der Waals surface area contributed by atoms with E-state index in [2.05, 4.69) is 24.1 Å². The lowest BCUT2D eigenvalue weighted by atomic mass is 10.0. The van der Waals surface area contributed by atoms with Crippen molar-refractivity contribution in [3.63, 3.8) is 0 Å². The number of benzene rings is 1. The Labute approximate surface area is 185 Å². The molecule has 9 nitrogen and oxygen atoms in total. The average Bonchev–Trinajstić information content (AvgIpc) is 2.79. The smallest absolute Gasteiger partial charge is 0.317 e. The lowest BCUT2D eigenvalue weighted by Crippen LogP contribution is -2.56. The monoisotopic (exact) mass is 454 g/mol. The molecule has 0 radical (unpaired) electrons. The molecule has 1 N–H and O–H groups in total. The van der Waals surface area contributed by atoms with E-state index in [9.17, 15) is 13.2 Å². The van der Waals surface area contributed by atoms with Gasteiger partial charge in [0.2, 0.25) is 10.0 Å². The minimum absolute atomic E-state index is 0.139. The van der Waals surface area contributed by atoms with Crippen molar-refractivity contribution in [1.82, 2.24) is 19.4 Å². The zero-order valence-corrected chi connectivity index (χ0v) is 19.4. The number of methoxy groups -OCH3 is 1. The molecule has 0 bridgehead atoms. The number of sulfonamides is 1. The summed E-state index contributed by atoms with van der Waals surface area (Å²) in [6.45, 7) is 9.38. The van der Waals surface area contributed by atoms with E-state index < -0.39 is 10.0 Å². The minimum atomic E-state index is -3.59. The normalized spacial score (nSPS) is 19.9. The zero-order valence-electron chi connectivity index (χ0n) is 18.6. The quantitative estimate of drug-likeness (QED) is 0.663. The minimum Gasteiger partial charge on any atom is -0.497 e. The van der Waals surface area contributed by atoms with Gasteiger partial charge in [-0.2, -0.15) is 4.31 Å². The number of nitrogens with zero attached hydrogens (tertiary/aromatic N) is 3. The number of morpholine rings is 1. The molecule has 2 saturated heterocycles. The van der Waals surface area contributed by atoms with Gasteiger partial charge in [-0.25, -0.2) is 13.2 Å². The molecule has 1 unspecified atom stereocenters. The first-order chi connectivity index (χ1) is 14.8. The molecule has 0 aliphatic carbocycles. The van der Waals surface area contributed by atoms with E-state index in [4.69, 9.17) is 9.47 Å². The average molecular weight is 455 g/mol. The second-order valence-corrected chi connectivity index (χ2v) is 10.2. The van der Waals surface area contributed by atoms with Gasteiger partial charge in [0.15, 0.2) is 0 Å². The van der Waals surface area contributed by atoms with Crippen LogP contribution in [0, 0.1) is 5.92 Å². The predicted molar refractivity (Wildman–Crippen MR) is 118 cm³/mol. The van der Waals surface area contributed by atoms with E-state index in [1.807, 2.05) is 0 Å². The van der Waals surface area contributed by atoms with Crippen LogP contribution in [-0.4, -0.2) is 101 Å². The van der Waals surface area contributed by atoms with Crippen molar-refractivity contribution in [2.45, 2.75) is 24.8 Å². The van der Waals surface area contributed by atoms with Gasteiger partial charge in [-0.15, -0.1) is 0 Å². The molecule has 2 aliphatic rings. The SMILES string of the molecule is COc1ccc(S(=O)(=O)N2CCN(C(=O)NCC(C(C)C)N3CCOCC3)CC2)cc1. The summed E-state index contributed by atoms with van der Waals surface area (Å²) in [5.74, 6) is 1.02. The molecular formula is C21H34N4O5S. The number of piperazine rings is 1. The summed E-state index contributed by atoms with van der Waals surface area (Å²) in [6.07, 6.45) is 0. The number of hydrogen-bond donors (Lipinski definition) is 1. The highest BCUT2D eigenvalue weighted by atomic mass is 32.2. The molecule has 0 aromatic heterocycles. The summed E-state index contributed by atoms with van der Waals surface area (Å²) in [4.78, 5) is 17.0. The molecule has 2 aliphatic heterocycles. The van der Waals surface area contributed by atoms with Crippen LogP contribution in [0.5, 0.6) is 5.75 Å². The highest BCUT2D eigenvalue weighted by Crippen LogP contribution is 2.21. The highest BCUT2D eigenvalue weighted by molar-refractivity contribution is 7.89. The molecule has 1 aromatic carbocycles. The predicted octanol–water partition coefficient (Wildman–Crippen LogP) is 1.07. The van der Waals surface area contributed by atoms with Gasteiger partial charge in [-0.05, 0) is 30.2 Å². The number of amides is 2. The number of urea groups is 1. The molecule has 31 heavy (non-hydrogen) atoms. The number of rotatable bonds is 7. The van der Waals surface area contributed by atoms with Gasteiger partial charge in [0.25, 0.3) is 0 Å². The molecule has 10 heteroatoms. The first kappa shape index (κ1) is 23.8. The van der Waals surface area contributed by atoms with Crippen molar-refractivity contribution in [3.05, 3.63) is 24.3 Å². The summed E-state index contributed by atoms with van der Waals surface area (Å²) >= 11 is 0. The summed E-state index contributed by atoms with van der Waals surface area (Å²) in [5.41, 5.74) is 0. The van der Waals surface area contributed by atoms with Crippen molar-refractivity contribution in [3.8, 4) is 5.75 Å². The summed E-state index contributed by atoms with van der Waals surface area (Å²) < 4.78 is 37.7. The zero-order chi connectivity index (χ0) is 22.4. The summed E-state index contributed by atoms with van der Waals surface area (Å²) in [6, 6.07) is 6.48. The van der Waals surface area contributed by atoms with Crippen LogP contribution in [0.3, 0.4) is 0 Å². The highest BCUT2D eigenvalue weighted by Gasteiger charge is 2.31. The van der Waals surface area contributed by atoms with Crippen LogP contribution in [0.25, 0.3) is 0 Å². The topological polar surface area (TPSA) is 91.4 Å². The maximum atomic E-state index is 12.9.